The standard InChI is InChI=1S/C13H11BrFNO/c1-8-5-11(13(15)16-7-8)10-6-9(17-2)3-4-12(10)14/h3-7H,1-2H3. The van der Waals surface area contributed by atoms with Crippen LogP contribution in [0.1, 0.15) is 5.56 Å². The Morgan fingerprint density at radius 1 is 1.24 bits per heavy atom. The first kappa shape index (κ1) is 12.0. The van der Waals surface area contributed by atoms with Crippen molar-refractivity contribution in [2.75, 3.05) is 7.11 Å². The van der Waals surface area contributed by atoms with Crippen molar-refractivity contribution in [1.29, 1.82) is 0 Å². The Morgan fingerprint density at radius 3 is 2.71 bits per heavy atom. The van der Waals surface area contributed by atoms with Crippen LogP contribution in [0.3, 0.4) is 0 Å². The van der Waals surface area contributed by atoms with Gasteiger partial charge in [0.25, 0.3) is 0 Å². The number of methoxy groups -OCH3 is 1. The Morgan fingerprint density at radius 2 is 2.00 bits per heavy atom. The Labute approximate surface area is 108 Å². The van der Waals surface area contributed by atoms with Crippen LogP contribution in [0.4, 0.5) is 4.39 Å². The lowest BCUT2D eigenvalue weighted by molar-refractivity contribution is 0.415. The van der Waals surface area contributed by atoms with Gasteiger partial charge in [0, 0.05) is 21.8 Å². The summed E-state index contributed by atoms with van der Waals surface area (Å²) in [6, 6.07) is 7.19. The normalized spacial score (nSPS) is 10.4. The van der Waals surface area contributed by atoms with E-state index in [1.165, 1.54) is 6.20 Å². The number of nitrogens with zero attached hydrogens (tertiary/aromatic N) is 1. The van der Waals surface area contributed by atoms with E-state index in [1.54, 1.807) is 19.2 Å². The number of aryl methyl sites for hydroxylation is 1. The van der Waals surface area contributed by atoms with Crippen LogP contribution >= 0.6 is 15.9 Å². The maximum absolute atomic E-state index is 13.7. The third-order valence-corrected chi connectivity index (χ3v) is 3.13. The minimum Gasteiger partial charge on any atom is -0.497 e. The van der Waals surface area contributed by atoms with E-state index in [0.717, 1.165) is 15.6 Å². The number of hydrogen-bond donors (Lipinski definition) is 0. The lowest BCUT2D eigenvalue weighted by Crippen LogP contribution is -1.92. The summed E-state index contributed by atoms with van der Waals surface area (Å²) in [7, 11) is 1.58. The van der Waals surface area contributed by atoms with E-state index in [2.05, 4.69) is 20.9 Å². The SMILES string of the molecule is COc1ccc(Br)c(-c2cc(C)cnc2F)c1. The van der Waals surface area contributed by atoms with E-state index in [-0.39, 0.29) is 0 Å². The quantitative estimate of drug-likeness (QED) is 0.782. The molecule has 2 aromatic rings. The van der Waals surface area contributed by atoms with E-state index in [0.29, 0.717) is 11.3 Å². The molecule has 0 N–H and O–H groups in total. The first-order valence-electron chi connectivity index (χ1n) is 5.08. The van der Waals surface area contributed by atoms with Gasteiger partial charge in [0.1, 0.15) is 5.75 Å². The van der Waals surface area contributed by atoms with Crippen LogP contribution in [0.2, 0.25) is 0 Å². The molecule has 17 heavy (non-hydrogen) atoms. The van der Waals surface area contributed by atoms with E-state index in [1.807, 2.05) is 19.1 Å². The van der Waals surface area contributed by atoms with Gasteiger partial charge in [-0.2, -0.15) is 4.39 Å². The van der Waals surface area contributed by atoms with E-state index in [9.17, 15) is 4.39 Å². The fraction of sp³-hybridized carbons (Fsp3) is 0.154. The molecule has 0 aliphatic heterocycles. The van der Waals surface area contributed by atoms with Gasteiger partial charge < -0.3 is 4.74 Å². The maximum Gasteiger partial charge on any atom is 0.220 e. The molecule has 4 heteroatoms. The van der Waals surface area contributed by atoms with Gasteiger partial charge in [0.05, 0.1) is 7.11 Å². The van der Waals surface area contributed by atoms with Gasteiger partial charge in [-0.05, 0) is 36.8 Å². The van der Waals surface area contributed by atoms with Gasteiger partial charge in [-0.1, -0.05) is 15.9 Å². The zero-order valence-corrected chi connectivity index (χ0v) is 11.1. The Hall–Kier alpha value is -1.42. The van der Waals surface area contributed by atoms with Crippen LogP contribution in [0.25, 0.3) is 11.1 Å². The van der Waals surface area contributed by atoms with Crippen LogP contribution in [0.15, 0.2) is 34.9 Å². The van der Waals surface area contributed by atoms with Crippen molar-refractivity contribution in [3.63, 3.8) is 0 Å². The molecule has 0 unspecified atom stereocenters. The average molecular weight is 296 g/mol. The molecular weight excluding hydrogens is 285 g/mol. The monoisotopic (exact) mass is 295 g/mol. The number of hydrogen-bond acceptors (Lipinski definition) is 2. The van der Waals surface area contributed by atoms with Crippen LogP contribution in [0.5, 0.6) is 5.75 Å². The summed E-state index contributed by atoms with van der Waals surface area (Å²) >= 11 is 3.41. The van der Waals surface area contributed by atoms with Crippen molar-refractivity contribution in [3.8, 4) is 16.9 Å². The third kappa shape index (κ3) is 2.47. The molecule has 0 saturated carbocycles. The van der Waals surface area contributed by atoms with Crippen LogP contribution in [0, 0.1) is 12.9 Å². The number of pyridine rings is 1. The van der Waals surface area contributed by atoms with E-state index < -0.39 is 5.95 Å². The van der Waals surface area contributed by atoms with Crippen molar-refractivity contribution in [2.24, 2.45) is 0 Å². The minimum absolute atomic E-state index is 0.468. The van der Waals surface area contributed by atoms with Gasteiger partial charge in [-0.15, -0.1) is 0 Å². The average Bonchev–Trinajstić information content (AvgIpc) is 2.33. The van der Waals surface area contributed by atoms with Crippen molar-refractivity contribution < 1.29 is 9.13 Å². The third-order valence-electron chi connectivity index (χ3n) is 2.44. The second-order valence-corrected chi connectivity index (χ2v) is 4.55. The highest BCUT2D eigenvalue weighted by Crippen LogP contribution is 2.33. The van der Waals surface area contributed by atoms with Gasteiger partial charge in [0.15, 0.2) is 0 Å². The van der Waals surface area contributed by atoms with Gasteiger partial charge in [-0.3, -0.25) is 0 Å². The zero-order chi connectivity index (χ0) is 12.4. The molecular formula is C13H11BrFNO. The molecule has 1 heterocycles. The second-order valence-electron chi connectivity index (χ2n) is 3.70. The zero-order valence-electron chi connectivity index (χ0n) is 9.50. The molecule has 1 aromatic heterocycles. The summed E-state index contributed by atoms with van der Waals surface area (Å²) in [6.45, 7) is 1.88. The lowest BCUT2D eigenvalue weighted by atomic mass is 10.1. The molecule has 2 nitrogen and oxygen atoms in total. The molecule has 0 fully saturated rings. The number of halogens is 2. The number of aromatic nitrogens is 1. The molecule has 0 atom stereocenters. The lowest BCUT2D eigenvalue weighted by Gasteiger charge is -2.08. The summed E-state index contributed by atoms with van der Waals surface area (Å²) in [5.41, 5.74) is 2.12. The summed E-state index contributed by atoms with van der Waals surface area (Å²) < 4.78 is 19.6. The van der Waals surface area contributed by atoms with Crippen LogP contribution < -0.4 is 4.74 Å². The summed E-state index contributed by atoms with van der Waals surface area (Å²) in [5, 5.41) is 0. The number of rotatable bonds is 2. The highest BCUT2D eigenvalue weighted by Gasteiger charge is 2.11. The predicted octanol–water partition coefficient (Wildman–Crippen LogP) is 3.97. The maximum atomic E-state index is 13.7. The van der Waals surface area contributed by atoms with Gasteiger partial charge in [0.2, 0.25) is 5.95 Å². The fourth-order valence-electron chi connectivity index (χ4n) is 1.58. The molecule has 88 valence electrons. The number of ether oxygens (including phenoxy) is 1. The summed E-state index contributed by atoms with van der Waals surface area (Å²) in [6.07, 6.45) is 1.51. The smallest absolute Gasteiger partial charge is 0.220 e. The van der Waals surface area contributed by atoms with Crippen molar-refractivity contribution >= 4 is 15.9 Å². The summed E-state index contributed by atoms with van der Waals surface area (Å²) in [4.78, 5) is 3.72. The van der Waals surface area contributed by atoms with Crippen molar-refractivity contribution in [1.82, 2.24) is 4.98 Å². The van der Waals surface area contributed by atoms with Crippen molar-refractivity contribution in [2.45, 2.75) is 6.92 Å². The molecule has 0 radical (unpaired) electrons. The van der Waals surface area contributed by atoms with Crippen LogP contribution in [-0.2, 0) is 0 Å². The topological polar surface area (TPSA) is 22.1 Å². The first-order valence-corrected chi connectivity index (χ1v) is 5.87. The highest BCUT2D eigenvalue weighted by molar-refractivity contribution is 9.10. The minimum atomic E-state index is -0.482. The molecule has 2 rings (SSSR count). The molecule has 0 saturated heterocycles. The molecule has 0 bridgehead atoms. The molecule has 0 spiro atoms. The van der Waals surface area contributed by atoms with Gasteiger partial charge in [-0.25, -0.2) is 4.98 Å². The second kappa shape index (κ2) is 4.84. The summed E-state index contributed by atoms with van der Waals surface area (Å²) in [5.74, 6) is 0.202. The molecule has 0 aliphatic rings. The molecule has 0 amide bonds. The van der Waals surface area contributed by atoms with E-state index >= 15 is 0 Å². The van der Waals surface area contributed by atoms with Crippen molar-refractivity contribution in [3.05, 3.63) is 46.4 Å². The largest absolute Gasteiger partial charge is 0.497 e. The number of benzene rings is 1. The van der Waals surface area contributed by atoms with E-state index in [4.69, 9.17) is 4.74 Å². The Kier molecular flexibility index (Phi) is 3.43. The first-order chi connectivity index (χ1) is 8.11. The Bertz CT molecular complexity index is 557. The predicted molar refractivity (Wildman–Crippen MR) is 68.6 cm³/mol. The molecule has 0 aliphatic carbocycles. The van der Waals surface area contributed by atoms with Gasteiger partial charge >= 0.3 is 0 Å². The fourth-order valence-corrected chi connectivity index (χ4v) is 2.04. The Balaban J connectivity index is 2.62. The van der Waals surface area contributed by atoms with Crippen LogP contribution in [-0.4, -0.2) is 12.1 Å². The highest BCUT2D eigenvalue weighted by atomic mass is 79.9. The molecule has 1 aromatic carbocycles.